The van der Waals surface area contributed by atoms with Crippen molar-refractivity contribution in [3.8, 4) is 44.5 Å². The molecule has 56 heavy (non-hydrogen) atoms. The van der Waals surface area contributed by atoms with E-state index in [0.717, 1.165) is 32.0 Å². The molecule has 0 aliphatic heterocycles. The van der Waals surface area contributed by atoms with E-state index in [2.05, 4.69) is 10.2 Å². The van der Waals surface area contributed by atoms with Crippen LogP contribution in [0.3, 0.4) is 0 Å². The Bertz CT molecular complexity index is 2530. The lowest BCUT2D eigenvalue weighted by Gasteiger charge is -2.14. The van der Waals surface area contributed by atoms with Crippen LogP contribution in [0.1, 0.15) is 11.1 Å². The van der Waals surface area contributed by atoms with Gasteiger partial charge in [-0.3, -0.25) is 9.59 Å². The molecule has 0 radical (unpaired) electrons. The Kier molecular flexibility index (Phi) is 10.8. The van der Waals surface area contributed by atoms with Gasteiger partial charge < -0.3 is 0 Å². The van der Waals surface area contributed by atoms with E-state index in [4.69, 9.17) is 0 Å². The third-order valence-corrected chi connectivity index (χ3v) is 11.7. The zero-order valence-electron chi connectivity index (χ0n) is 29.8. The molecule has 0 N–H and O–H groups in total. The van der Waals surface area contributed by atoms with Gasteiger partial charge >= 0.3 is 0 Å². The van der Waals surface area contributed by atoms with Gasteiger partial charge in [-0.1, -0.05) is 131 Å². The van der Waals surface area contributed by atoms with Crippen LogP contribution in [-0.2, 0) is 13.1 Å². The molecule has 0 saturated heterocycles. The Hall–Kier alpha value is -6.36. The first kappa shape index (κ1) is 36.6. The number of nitrogens with zero attached hydrogens (tertiary/aromatic N) is 4. The predicted molar refractivity (Wildman–Crippen MR) is 221 cm³/mol. The summed E-state index contributed by atoms with van der Waals surface area (Å²) >= 11 is 0. The van der Waals surface area contributed by atoms with E-state index in [1.165, 1.54) is 33.6 Å². The summed E-state index contributed by atoms with van der Waals surface area (Å²) in [5.74, 6) is -0.753. The fraction of sp³-hybridized carbons (Fsp3) is 0.0435. The molecule has 8 rings (SSSR count). The molecule has 8 aromatic rings. The molecule has 0 aliphatic carbocycles. The molecule has 0 saturated carbocycles. The highest BCUT2D eigenvalue weighted by Gasteiger charge is 2.18. The van der Waals surface area contributed by atoms with E-state index in [-0.39, 0.29) is 22.8 Å². The highest BCUT2D eigenvalue weighted by atomic mass is 33.1. The van der Waals surface area contributed by atoms with Crippen molar-refractivity contribution in [2.75, 3.05) is 0 Å². The first-order chi connectivity index (χ1) is 27.4. The van der Waals surface area contributed by atoms with Crippen LogP contribution in [-0.4, -0.2) is 19.6 Å². The summed E-state index contributed by atoms with van der Waals surface area (Å²) in [4.78, 5) is 29.7. The van der Waals surface area contributed by atoms with Gasteiger partial charge in [-0.05, 0) is 81.9 Å². The lowest BCUT2D eigenvalue weighted by Crippen LogP contribution is -2.25. The highest BCUT2D eigenvalue weighted by Crippen LogP contribution is 2.40. The van der Waals surface area contributed by atoms with Gasteiger partial charge in [0.2, 0.25) is 0 Å². The Labute approximate surface area is 329 Å². The zero-order valence-corrected chi connectivity index (χ0v) is 31.4. The van der Waals surface area contributed by atoms with Crippen molar-refractivity contribution in [1.29, 1.82) is 0 Å². The van der Waals surface area contributed by atoms with Crippen LogP contribution in [0.4, 0.5) is 8.78 Å². The summed E-state index contributed by atoms with van der Waals surface area (Å²) in [6.45, 7) is 0.627. The smallest absolute Gasteiger partial charge is 0.267 e. The van der Waals surface area contributed by atoms with Crippen LogP contribution >= 0.6 is 21.6 Å². The van der Waals surface area contributed by atoms with E-state index in [1.54, 1.807) is 58.2 Å². The van der Waals surface area contributed by atoms with Gasteiger partial charge in [-0.15, -0.1) is 0 Å². The van der Waals surface area contributed by atoms with Gasteiger partial charge in [0, 0.05) is 20.9 Å². The maximum Gasteiger partial charge on any atom is 0.275 e. The molecule has 0 aliphatic rings. The molecule has 0 spiro atoms. The van der Waals surface area contributed by atoms with E-state index in [0.29, 0.717) is 46.5 Å². The molecule has 10 heteroatoms. The number of halogens is 2. The fourth-order valence-electron chi connectivity index (χ4n) is 6.42. The number of benzene rings is 6. The Balaban J connectivity index is 1.02. The standard InChI is InChI=1S/C46H32F2N4O2S2/c47-37-19-11-35(12-20-37)43-41(27-49-51(45(43)53)29-31-7-3-1-4-8-31)33-15-23-39(24-16-33)55-56-40-25-17-34(18-26-40)42-28-50-52(30-32-9-5-2-6-10-32)46(54)44(42)36-13-21-38(48)22-14-36/h1-28H,29-30H2. The maximum absolute atomic E-state index is 13.9. The van der Waals surface area contributed by atoms with Crippen LogP contribution < -0.4 is 11.1 Å². The van der Waals surface area contributed by atoms with Gasteiger partial charge in [0.05, 0.1) is 36.6 Å². The SMILES string of the molecule is O=c1c(-c2ccc(F)cc2)c(-c2ccc(SSc3ccc(-c4cnn(Cc5ccccc5)c(=O)c4-c4ccc(F)cc4)cc3)cc2)cnn1Cc1ccccc1. The molecule has 0 atom stereocenters. The van der Waals surface area contributed by atoms with Crippen LogP contribution in [0.2, 0.25) is 0 Å². The van der Waals surface area contributed by atoms with E-state index in [9.17, 15) is 18.4 Å². The number of hydrogen-bond acceptors (Lipinski definition) is 6. The predicted octanol–water partition coefficient (Wildman–Crippen LogP) is 10.6. The molecule has 2 aromatic heterocycles. The minimum atomic E-state index is -0.377. The molecule has 0 fully saturated rings. The normalized spacial score (nSPS) is 11.1. The largest absolute Gasteiger partial charge is 0.275 e. The second kappa shape index (κ2) is 16.6. The molecular formula is C46H32F2N4O2S2. The fourth-order valence-corrected chi connectivity index (χ4v) is 8.35. The zero-order chi connectivity index (χ0) is 38.4. The van der Waals surface area contributed by atoms with Crippen molar-refractivity contribution in [2.24, 2.45) is 0 Å². The summed E-state index contributed by atoms with van der Waals surface area (Å²) < 4.78 is 30.6. The van der Waals surface area contributed by atoms with Crippen LogP contribution in [0.15, 0.2) is 189 Å². The summed E-state index contributed by atoms with van der Waals surface area (Å²) in [7, 11) is 3.17. The topological polar surface area (TPSA) is 69.8 Å². The Morgan fingerprint density at radius 1 is 0.429 bits per heavy atom. The molecule has 6 nitrogen and oxygen atoms in total. The summed E-state index contributed by atoms with van der Waals surface area (Å²) in [5, 5.41) is 9.03. The van der Waals surface area contributed by atoms with Crippen molar-refractivity contribution in [3.05, 3.63) is 214 Å². The number of rotatable bonds is 11. The lowest BCUT2D eigenvalue weighted by atomic mass is 9.97. The second-order valence-electron chi connectivity index (χ2n) is 13.0. The van der Waals surface area contributed by atoms with Gasteiger partial charge in [-0.25, -0.2) is 18.1 Å². The van der Waals surface area contributed by atoms with Crippen molar-refractivity contribution in [3.63, 3.8) is 0 Å². The van der Waals surface area contributed by atoms with E-state index < -0.39 is 0 Å². The van der Waals surface area contributed by atoms with Crippen molar-refractivity contribution < 1.29 is 8.78 Å². The van der Waals surface area contributed by atoms with Crippen LogP contribution in [0.5, 0.6) is 0 Å². The van der Waals surface area contributed by atoms with E-state index in [1.807, 2.05) is 109 Å². The van der Waals surface area contributed by atoms with Crippen molar-refractivity contribution in [2.45, 2.75) is 22.9 Å². The minimum absolute atomic E-state index is 0.260. The summed E-state index contributed by atoms with van der Waals surface area (Å²) in [5.41, 5.74) is 6.47. The highest BCUT2D eigenvalue weighted by molar-refractivity contribution is 8.76. The quantitative estimate of drug-likeness (QED) is 0.122. The van der Waals surface area contributed by atoms with Crippen LogP contribution in [0.25, 0.3) is 44.5 Å². The number of hydrogen-bond donors (Lipinski definition) is 0. The lowest BCUT2D eigenvalue weighted by molar-refractivity contribution is 0.627. The van der Waals surface area contributed by atoms with Gasteiger partial charge in [0.1, 0.15) is 11.6 Å². The molecule has 0 amide bonds. The van der Waals surface area contributed by atoms with Gasteiger partial charge in [-0.2, -0.15) is 10.2 Å². The average Bonchev–Trinajstić information content (AvgIpc) is 3.23. The first-order valence-electron chi connectivity index (χ1n) is 17.7. The maximum atomic E-state index is 13.9. The van der Waals surface area contributed by atoms with E-state index >= 15 is 0 Å². The van der Waals surface area contributed by atoms with Crippen molar-refractivity contribution in [1.82, 2.24) is 19.6 Å². The third-order valence-electron chi connectivity index (χ3n) is 9.27. The van der Waals surface area contributed by atoms with Gasteiger partial charge in [0.15, 0.2) is 0 Å². The molecule has 0 bridgehead atoms. The van der Waals surface area contributed by atoms with Gasteiger partial charge in [0.25, 0.3) is 11.1 Å². The molecule has 6 aromatic carbocycles. The van der Waals surface area contributed by atoms with Crippen molar-refractivity contribution >= 4 is 21.6 Å². The summed E-state index contributed by atoms with van der Waals surface area (Å²) in [6.07, 6.45) is 3.40. The van der Waals surface area contributed by atoms with Crippen LogP contribution in [0, 0.1) is 11.6 Å². The number of aromatic nitrogens is 4. The first-order valence-corrected chi connectivity index (χ1v) is 19.9. The second-order valence-corrected chi connectivity index (χ2v) is 15.3. The Morgan fingerprint density at radius 3 is 1.12 bits per heavy atom. The Morgan fingerprint density at radius 2 is 0.768 bits per heavy atom. The average molecular weight is 775 g/mol. The molecule has 2 heterocycles. The molecular weight excluding hydrogens is 743 g/mol. The molecule has 0 unspecified atom stereocenters. The minimum Gasteiger partial charge on any atom is -0.267 e. The summed E-state index contributed by atoms with van der Waals surface area (Å²) in [6, 6.07) is 47.0. The monoisotopic (exact) mass is 774 g/mol. The molecule has 274 valence electrons. The third kappa shape index (κ3) is 8.17.